The Morgan fingerprint density at radius 1 is 0.848 bits per heavy atom. The Kier molecular flexibility index (Phi) is 10.6. The van der Waals surface area contributed by atoms with Crippen molar-refractivity contribution in [2.24, 2.45) is 5.73 Å². The zero-order chi connectivity index (χ0) is 24.5. The fourth-order valence-electron chi connectivity index (χ4n) is 4.73. The summed E-state index contributed by atoms with van der Waals surface area (Å²) < 4.78 is 0. The molecule has 2 aliphatic rings. The van der Waals surface area contributed by atoms with Crippen molar-refractivity contribution in [3.8, 4) is 0 Å². The Balaban J connectivity index is 0.000000218. The molecule has 0 saturated carbocycles. The smallest absolute Gasteiger partial charge is 0.235 e. The van der Waals surface area contributed by atoms with Crippen LogP contribution < -0.4 is 5.73 Å². The van der Waals surface area contributed by atoms with Crippen molar-refractivity contribution in [2.75, 3.05) is 6.61 Å². The molecule has 0 aromatic heterocycles. The van der Waals surface area contributed by atoms with E-state index < -0.39 is 0 Å². The number of primary amides is 1. The summed E-state index contributed by atoms with van der Waals surface area (Å²) in [6.45, 7) is 14.6. The third-order valence-corrected chi connectivity index (χ3v) is 6.55. The molecule has 2 heterocycles. The van der Waals surface area contributed by atoms with Crippen molar-refractivity contribution in [2.45, 2.75) is 91.6 Å². The highest BCUT2D eigenvalue weighted by molar-refractivity contribution is 5.80. The van der Waals surface area contributed by atoms with Crippen LogP contribution in [0.25, 0.3) is 0 Å². The minimum absolute atomic E-state index is 0.158. The van der Waals surface area contributed by atoms with Gasteiger partial charge in [-0.15, -0.1) is 0 Å². The monoisotopic (exact) mass is 453 g/mol. The van der Waals surface area contributed by atoms with Gasteiger partial charge in [0, 0.05) is 31.2 Å². The number of rotatable bonds is 4. The number of aliphatic hydroxyl groups excluding tert-OH is 1. The van der Waals surface area contributed by atoms with Gasteiger partial charge in [-0.05, 0) is 62.8 Å². The quantitative estimate of drug-likeness (QED) is 0.730. The van der Waals surface area contributed by atoms with E-state index in [2.05, 4.69) is 73.9 Å². The molecule has 33 heavy (non-hydrogen) atoms. The summed E-state index contributed by atoms with van der Waals surface area (Å²) in [5, 5.41) is 9.39. The summed E-state index contributed by atoms with van der Waals surface area (Å²) in [5.74, 6) is -0.219. The molecule has 5 heteroatoms. The average Bonchev–Trinajstić information content (AvgIpc) is 2.83. The number of aliphatic hydroxyl groups is 1. The Morgan fingerprint density at radius 2 is 1.27 bits per heavy atom. The van der Waals surface area contributed by atoms with Crippen LogP contribution in [0.4, 0.5) is 0 Å². The molecule has 2 atom stereocenters. The molecule has 0 radical (unpaired) electrons. The van der Waals surface area contributed by atoms with Crippen LogP contribution in [0.1, 0.15) is 63.8 Å². The molecule has 0 saturated heterocycles. The summed E-state index contributed by atoms with van der Waals surface area (Å²) in [6, 6.07) is 17.8. The molecule has 5 nitrogen and oxygen atoms in total. The second kappa shape index (κ2) is 12.9. The van der Waals surface area contributed by atoms with Crippen molar-refractivity contribution in [3.63, 3.8) is 0 Å². The van der Waals surface area contributed by atoms with Crippen LogP contribution in [0, 0.1) is 0 Å². The summed E-state index contributed by atoms with van der Waals surface area (Å²) in [5.41, 5.74) is 10.8. The fourth-order valence-corrected chi connectivity index (χ4v) is 4.73. The van der Waals surface area contributed by atoms with Crippen molar-refractivity contribution in [3.05, 3.63) is 70.8 Å². The number of hydrogen-bond donors (Lipinski definition) is 2. The number of carbonyl (C=O) groups excluding carboxylic acids is 1. The van der Waals surface area contributed by atoms with Crippen LogP contribution in [-0.2, 0) is 30.7 Å². The second-order valence-electron chi connectivity index (χ2n) is 9.23. The number of amides is 1. The summed E-state index contributed by atoms with van der Waals surface area (Å²) in [4.78, 5) is 16.0. The molecule has 2 aromatic carbocycles. The van der Waals surface area contributed by atoms with Gasteiger partial charge in [0.2, 0.25) is 5.91 Å². The van der Waals surface area contributed by atoms with Gasteiger partial charge in [0.05, 0.1) is 12.6 Å². The van der Waals surface area contributed by atoms with Crippen LogP contribution in [0.3, 0.4) is 0 Å². The highest BCUT2D eigenvalue weighted by Gasteiger charge is 2.31. The first-order valence-corrected chi connectivity index (χ1v) is 12.4. The Labute approximate surface area is 200 Å². The predicted octanol–water partition coefficient (Wildman–Crippen LogP) is 4.15. The molecule has 2 aliphatic heterocycles. The van der Waals surface area contributed by atoms with Crippen molar-refractivity contribution >= 4 is 5.91 Å². The molecule has 1 unspecified atom stereocenters. The van der Waals surface area contributed by atoms with Gasteiger partial charge in [0.1, 0.15) is 0 Å². The van der Waals surface area contributed by atoms with Crippen LogP contribution in [0.5, 0.6) is 0 Å². The Morgan fingerprint density at radius 3 is 1.70 bits per heavy atom. The van der Waals surface area contributed by atoms with E-state index in [9.17, 15) is 9.90 Å². The largest absolute Gasteiger partial charge is 0.395 e. The first-order valence-electron chi connectivity index (χ1n) is 12.4. The van der Waals surface area contributed by atoms with Gasteiger partial charge in [-0.3, -0.25) is 14.6 Å². The zero-order valence-corrected chi connectivity index (χ0v) is 21.3. The molecular weight excluding hydrogens is 410 g/mol. The van der Waals surface area contributed by atoms with Crippen LogP contribution in [0.2, 0.25) is 0 Å². The number of nitrogens with zero attached hydrogens (tertiary/aromatic N) is 2. The maximum Gasteiger partial charge on any atom is 0.235 e. The fraction of sp³-hybridized carbons (Fsp3) is 0.536. The molecule has 0 bridgehead atoms. The van der Waals surface area contributed by atoms with Gasteiger partial charge in [0.25, 0.3) is 0 Å². The van der Waals surface area contributed by atoms with Gasteiger partial charge in [-0.1, -0.05) is 62.4 Å². The van der Waals surface area contributed by atoms with Crippen LogP contribution in [0.15, 0.2) is 48.5 Å². The maximum absolute atomic E-state index is 11.5. The van der Waals surface area contributed by atoms with Crippen molar-refractivity contribution < 1.29 is 9.90 Å². The number of benzene rings is 2. The third-order valence-electron chi connectivity index (χ3n) is 6.55. The lowest BCUT2D eigenvalue weighted by molar-refractivity contribution is -0.124. The molecule has 3 N–H and O–H groups in total. The van der Waals surface area contributed by atoms with Crippen molar-refractivity contribution in [1.29, 1.82) is 0 Å². The van der Waals surface area contributed by atoms with Gasteiger partial charge < -0.3 is 10.8 Å². The number of hydrogen-bond acceptors (Lipinski definition) is 4. The van der Waals surface area contributed by atoms with Crippen molar-refractivity contribution in [1.82, 2.24) is 9.80 Å². The number of nitrogens with two attached hydrogens (primary N) is 1. The highest BCUT2D eigenvalue weighted by Crippen LogP contribution is 2.25. The molecule has 182 valence electrons. The predicted molar refractivity (Wildman–Crippen MR) is 137 cm³/mol. The second-order valence-corrected chi connectivity index (χ2v) is 9.23. The topological polar surface area (TPSA) is 69.8 Å². The van der Waals surface area contributed by atoms with E-state index in [4.69, 9.17) is 5.73 Å². The molecule has 0 spiro atoms. The number of carbonyl (C=O) groups is 1. The SMILES string of the molecule is CC.CC(C)N1Cc2ccccc2CC1C(N)=O.CC(C)N1Cc2ccccc2C[C@H]1CO. The zero-order valence-electron chi connectivity index (χ0n) is 21.3. The maximum atomic E-state index is 11.5. The van der Waals surface area contributed by atoms with E-state index >= 15 is 0 Å². The lowest BCUT2D eigenvalue weighted by Crippen LogP contribution is -2.51. The van der Waals surface area contributed by atoms with E-state index in [0.29, 0.717) is 18.1 Å². The van der Waals surface area contributed by atoms with Gasteiger partial charge in [-0.2, -0.15) is 0 Å². The van der Waals surface area contributed by atoms with Gasteiger partial charge >= 0.3 is 0 Å². The highest BCUT2D eigenvalue weighted by atomic mass is 16.3. The van der Waals surface area contributed by atoms with Crippen LogP contribution >= 0.6 is 0 Å². The van der Waals surface area contributed by atoms with Gasteiger partial charge in [-0.25, -0.2) is 0 Å². The molecule has 0 aliphatic carbocycles. The standard InChI is InChI=1S/C13H18N2O.C13H19NO.C2H6/c1-9(2)15-8-11-6-4-3-5-10(11)7-12(15)13(14)16;1-10(2)14-8-12-6-4-3-5-11(12)7-13(14)9-15;1-2/h3-6,9,12H,7-8H2,1-2H3,(H2,14,16);3-6,10,13,15H,7-9H2,1-2H3;1-2H3/t;13-;/m.0./s1. The summed E-state index contributed by atoms with van der Waals surface area (Å²) in [7, 11) is 0. The number of fused-ring (bicyclic) bond motifs is 2. The lowest BCUT2D eigenvalue weighted by Gasteiger charge is -2.38. The molecule has 2 aromatic rings. The van der Waals surface area contributed by atoms with E-state index in [-0.39, 0.29) is 18.6 Å². The first kappa shape index (κ1) is 27.0. The normalized spacial score (nSPS) is 20.2. The molecule has 4 rings (SSSR count). The average molecular weight is 454 g/mol. The molecule has 1 amide bonds. The Bertz CT molecular complexity index is 881. The van der Waals surface area contributed by atoms with E-state index in [1.54, 1.807) is 0 Å². The Hall–Kier alpha value is -2.21. The van der Waals surface area contributed by atoms with Gasteiger partial charge in [0.15, 0.2) is 0 Å². The third kappa shape index (κ3) is 6.89. The molecular formula is C28H43N3O2. The minimum atomic E-state index is -0.219. The summed E-state index contributed by atoms with van der Waals surface area (Å²) >= 11 is 0. The lowest BCUT2D eigenvalue weighted by atomic mass is 9.92. The first-order chi connectivity index (χ1) is 15.8. The van der Waals surface area contributed by atoms with E-state index in [1.165, 1.54) is 22.3 Å². The minimum Gasteiger partial charge on any atom is -0.395 e. The van der Waals surface area contributed by atoms with E-state index in [0.717, 1.165) is 25.9 Å². The van der Waals surface area contributed by atoms with Crippen LogP contribution in [-0.4, -0.2) is 51.6 Å². The molecule has 0 fully saturated rings. The summed E-state index contributed by atoms with van der Waals surface area (Å²) in [6.07, 6.45) is 1.72. The van der Waals surface area contributed by atoms with E-state index in [1.807, 2.05) is 26.0 Å².